The predicted octanol–water partition coefficient (Wildman–Crippen LogP) is 4.26. The Kier molecular flexibility index (Phi) is 7.13. The number of ether oxygens (including phenoxy) is 2. The lowest BCUT2D eigenvalue weighted by molar-refractivity contribution is -0.113. The SMILES string of the molecule is CCc1ccc(OCc2nnc(SCC(=O)Nc3cc(C)ccc3OC)o2)cc1. The summed E-state index contributed by atoms with van der Waals surface area (Å²) >= 11 is 1.16. The summed E-state index contributed by atoms with van der Waals surface area (Å²) in [7, 11) is 1.56. The van der Waals surface area contributed by atoms with Crippen LogP contribution in [0.1, 0.15) is 23.9 Å². The topological polar surface area (TPSA) is 86.5 Å². The standard InChI is InChI=1S/C21H23N3O4S/c1-4-15-6-8-16(9-7-15)27-12-20-23-24-21(28-20)29-13-19(25)22-17-11-14(2)5-10-18(17)26-3/h5-11H,4,12-13H2,1-3H3,(H,22,25). The number of carbonyl (C=O) groups is 1. The number of thioether (sulfide) groups is 1. The smallest absolute Gasteiger partial charge is 0.277 e. The first-order valence-corrected chi connectivity index (χ1v) is 10.2. The molecule has 8 heteroatoms. The van der Waals surface area contributed by atoms with Crippen LogP contribution in [0.3, 0.4) is 0 Å². The van der Waals surface area contributed by atoms with Crippen molar-refractivity contribution in [1.29, 1.82) is 0 Å². The summed E-state index contributed by atoms with van der Waals surface area (Å²) in [5.74, 6) is 1.65. The highest BCUT2D eigenvalue weighted by atomic mass is 32.2. The molecule has 0 saturated heterocycles. The van der Waals surface area contributed by atoms with Crippen LogP contribution in [-0.4, -0.2) is 29.0 Å². The second-order valence-corrected chi connectivity index (χ2v) is 7.22. The minimum Gasteiger partial charge on any atom is -0.495 e. The summed E-state index contributed by atoms with van der Waals surface area (Å²) in [6, 6.07) is 13.5. The molecule has 1 amide bonds. The monoisotopic (exact) mass is 413 g/mol. The Bertz CT molecular complexity index is 957. The first-order valence-electron chi connectivity index (χ1n) is 9.18. The number of aryl methyl sites for hydroxylation is 2. The van der Waals surface area contributed by atoms with E-state index < -0.39 is 0 Å². The number of anilines is 1. The van der Waals surface area contributed by atoms with E-state index in [1.807, 2.05) is 49.4 Å². The molecule has 29 heavy (non-hydrogen) atoms. The average molecular weight is 413 g/mol. The van der Waals surface area contributed by atoms with Crippen LogP contribution in [0.4, 0.5) is 5.69 Å². The minimum atomic E-state index is -0.189. The number of hydrogen-bond donors (Lipinski definition) is 1. The Labute approximate surface area is 173 Å². The van der Waals surface area contributed by atoms with E-state index >= 15 is 0 Å². The highest BCUT2D eigenvalue weighted by molar-refractivity contribution is 7.99. The van der Waals surface area contributed by atoms with Gasteiger partial charge in [0.1, 0.15) is 11.5 Å². The van der Waals surface area contributed by atoms with Gasteiger partial charge in [-0.25, -0.2) is 0 Å². The van der Waals surface area contributed by atoms with Crippen molar-refractivity contribution in [1.82, 2.24) is 10.2 Å². The van der Waals surface area contributed by atoms with Gasteiger partial charge in [0.05, 0.1) is 18.6 Å². The fourth-order valence-corrected chi connectivity index (χ4v) is 3.13. The van der Waals surface area contributed by atoms with Crippen LogP contribution >= 0.6 is 11.8 Å². The van der Waals surface area contributed by atoms with Crippen LogP contribution in [0, 0.1) is 6.92 Å². The molecule has 3 rings (SSSR count). The van der Waals surface area contributed by atoms with Crippen molar-refractivity contribution in [3.63, 3.8) is 0 Å². The van der Waals surface area contributed by atoms with Gasteiger partial charge in [0.25, 0.3) is 11.1 Å². The second kappa shape index (κ2) is 9.97. The van der Waals surface area contributed by atoms with Crippen molar-refractivity contribution in [3.8, 4) is 11.5 Å². The van der Waals surface area contributed by atoms with Gasteiger partial charge in [0.2, 0.25) is 5.91 Å². The third-order valence-electron chi connectivity index (χ3n) is 4.10. The van der Waals surface area contributed by atoms with Gasteiger partial charge in [-0.1, -0.05) is 36.9 Å². The zero-order chi connectivity index (χ0) is 20.6. The van der Waals surface area contributed by atoms with Gasteiger partial charge in [0, 0.05) is 0 Å². The lowest BCUT2D eigenvalue weighted by atomic mass is 10.2. The van der Waals surface area contributed by atoms with Gasteiger partial charge in [-0.15, -0.1) is 10.2 Å². The first kappa shape index (κ1) is 20.7. The molecule has 152 valence electrons. The molecule has 0 aliphatic heterocycles. The Balaban J connectivity index is 1.48. The van der Waals surface area contributed by atoms with Gasteiger partial charge >= 0.3 is 0 Å². The molecule has 3 aromatic rings. The zero-order valence-electron chi connectivity index (χ0n) is 16.6. The molecule has 0 fully saturated rings. The number of benzene rings is 2. The zero-order valence-corrected chi connectivity index (χ0v) is 17.4. The van der Waals surface area contributed by atoms with E-state index in [9.17, 15) is 4.79 Å². The van der Waals surface area contributed by atoms with E-state index in [-0.39, 0.29) is 18.3 Å². The van der Waals surface area contributed by atoms with Crippen LogP contribution in [0.25, 0.3) is 0 Å². The molecule has 1 aromatic heterocycles. The second-order valence-electron chi connectivity index (χ2n) is 6.29. The molecule has 2 aromatic carbocycles. The van der Waals surface area contributed by atoms with Crippen molar-refractivity contribution in [3.05, 3.63) is 59.5 Å². The molecule has 0 bridgehead atoms. The molecule has 0 spiro atoms. The number of nitrogens with one attached hydrogen (secondary N) is 1. The molecule has 0 radical (unpaired) electrons. The van der Waals surface area contributed by atoms with Gasteiger partial charge in [-0.05, 0) is 48.7 Å². The van der Waals surface area contributed by atoms with Crippen LogP contribution in [0.15, 0.2) is 52.1 Å². The predicted molar refractivity (Wildman–Crippen MR) is 112 cm³/mol. The van der Waals surface area contributed by atoms with E-state index in [1.165, 1.54) is 5.56 Å². The van der Waals surface area contributed by atoms with Crippen molar-refractivity contribution in [2.75, 3.05) is 18.2 Å². The summed E-state index contributed by atoms with van der Waals surface area (Å²) in [5.41, 5.74) is 2.90. The lowest BCUT2D eigenvalue weighted by Gasteiger charge is -2.10. The largest absolute Gasteiger partial charge is 0.495 e. The van der Waals surface area contributed by atoms with Crippen molar-refractivity contribution < 1.29 is 18.7 Å². The number of methoxy groups -OCH3 is 1. The molecule has 0 atom stereocenters. The molecule has 0 aliphatic rings. The molecule has 1 N–H and O–H groups in total. The number of aromatic nitrogens is 2. The molecular weight excluding hydrogens is 390 g/mol. The third-order valence-corrected chi connectivity index (χ3v) is 4.92. The fraction of sp³-hybridized carbons (Fsp3) is 0.286. The van der Waals surface area contributed by atoms with Gasteiger partial charge in [-0.2, -0.15) is 0 Å². The van der Waals surface area contributed by atoms with Crippen molar-refractivity contribution >= 4 is 23.4 Å². The Morgan fingerprint density at radius 1 is 1.17 bits per heavy atom. The summed E-state index contributed by atoms with van der Waals surface area (Å²) in [6.45, 7) is 4.22. The van der Waals surface area contributed by atoms with Gasteiger partial charge < -0.3 is 19.2 Å². The van der Waals surface area contributed by atoms with Crippen LogP contribution in [-0.2, 0) is 17.8 Å². The normalized spacial score (nSPS) is 10.6. The number of amides is 1. The first-order chi connectivity index (χ1) is 14.1. The summed E-state index contributed by atoms with van der Waals surface area (Å²) in [6.07, 6.45) is 0.981. The summed E-state index contributed by atoms with van der Waals surface area (Å²) < 4.78 is 16.4. The Hall–Kier alpha value is -3.00. The fourth-order valence-electron chi connectivity index (χ4n) is 2.55. The highest BCUT2D eigenvalue weighted by Gasteiger charge is 2.12. The Morgan fingerprint density at radius 2 is 1.97 bits per heavy atom. The maximum absolute atomic E-state index is 12.2. The summed E-state index contributed by atoms with van der Waals surface area (Å²) in [5, 5.41) is 11.0. The van der Waals surface area contributed by atoms with Crippen LogP contribution in [0.2, 0.25) is 0 Å². The average Bonchev–Trinajstić information content (AvgIpc) is 3.19. The quantitative estimate of drug-likeness (QED) is 0.525. The Morgan fingerprint density at radius 3 is 2.69 bits per heavy atom. The third kappa shape index (κ3) is 5.99. The summed E-state index contributed by atoms with van der Waals surface area (Å²) in [4.78, 5) is 12.2. The minimum absolute atomic E-state index is 0.137. The molecule has 0 aliphatic carbocycles. The van der Waals surface area contributed by atoms with Crippen LogP contribution in [0.5, 0.6) is 11.5 Å². The molecule has 0 saturated carbocycles. The molecule has 1 heterocycles. The van der Waals surface area contributed by atoms with Gasteiger partial charge in [0.15, 0.2) is 6.61 Å². The van der Waals surface area contributed by atoms with E-state index in [2.05, 4.69) is 22.4 Å². The maximum atomic E-state index is 12.2. The van der Waals surface area contributed by atoms with Crippen molar-refractivity contribution in [2.45, 2.75) is 32.1 Å². The van der Waals surface area contributed by atoms with Crippen LogP contribution < -0.4 is 14.8 Å². The number of nitrogens with zero attached hydrogens (tertiary/aromatic N) is 2. The molecule has 7 nitrogen and oxygen atoms in total. The van der Waals surface area contributed by atoms with Gasteiger partial charge in [-0.3, -0.25) is 4.79 Å². The van der Waals surface area contributed by atoms with E-state index in [0.29, 0.717) is 22.6 Å². The number of rotatable bonds is 9. The van der Waals surface area contributed by atoms with E-state index in [0.717, 1.165) is 29.5 Å². The number of hydrogen-bond acceptors (Lipinski definition) is 7. The van der Waals surface area contributed by atoms with E-state index in [1.54, 1.807) is 7.11 Å². The lowest BCUT2D eigenvalue weighted by Crippen LogP contribution is -2.14. The molecular formula is C21H23N3O4S. The van der Waals surface area contributed by atoms with E-state index in [4.69, 9.17) is 13.9 Å². The maximum Gasteiger partial charge on any atom is 0.277 e. The number of carbonyl (C=O) groups excluding carboxylic acids is 1. The van der Waals surface area contributed by atoms with Crippen molar-refractivity contribution in [2.24, 2.45) is 0 Å². The molecule has 0 unspecified atom stereocenters. The highest BCUT2D eigenvalue weighted by Crippen LogP contribution is 2.26.